The smallest absolute Gasteiger partial charge is 0.251 e. The number of sulfonamides is 1. The van der Waals surface area contributed by atoms with Gasteiger partial charge in [-0.15, -0.1) is 0 Å². The number of aryl methyl sites for hydroxylation is 2. The van der Waals surface area contributed by atoms with Crippen molar-refractivity contribution in [3.63, 3.8) is 0 Å². The normalized spacial score (nSPS) is 11.2. The maximum absolute atomic E-state index is 12.4. The number of nitrogens with zero attached hydrogens (tertiary/aromatic N) is 1. The highest BCUT2D eigenvalue weighted by Crippen LogP contribution is 2.29. The summed E-state index contributed by atoms with van der Waals surface area (Å²) in [6, 6.07) is 17.7. The van der Waals surface area contributed by atoms with Crippen molar-refractivity contribution in [2.75, 3.05) is 23.7 Å². The van der Waals surface area contributed by atoms with E-state index in [9.17, 15) is 13.2 Å². The number of carbonyl (C=O) groups is 1. The molecule has 34 heavy (non-hydrogen) atoms. The number of halogens is 2. The quantitative estimate of drug-likeness (QED) is 0.348. The Morgan fingerprint density at radius 1 is 1.03 bits per heavy atom. The summed E-state index contributed by atoms with van der Waals surface area (Å²) in [4.78, 5) is 12.4. The molecule has 0 radical (unpaired) electrons. The van der Waals surface area contributed by atoms with Crippen LogP contribution in [-0.4, -0.2) is 33.7 Å². The van der Waals surface area contributed by atoms with Gasteiger partial charge in [-0.25, -0.2) is 8.42 Å². The summed E-state index contributed by atoms with van der Waals surface area (Å²) in [6.45, 7) is 4.89. The molecule has 0 saturated carbocycles. The van der Waals surface area contributed by atoms with Crippen molar-refractivity contribution in [1.29, 1.82) is 0 Å². The molecule has 0 aromatic heterocycles. The first-order chi connectivity index (χ1) is 16.0. The fourth-order valence-corrected chi connectivity index (χ4v) is 4.51. The van der Waals surface area contributed by atoms with E-state index in [1.54, 1.807) is 42.5 Å². The lowest BCUT2D eigenvalue weighted by molar-refractivity contribution is 0.0947. The van der Waals surface area contributed by atoms with Crippen molar-refractivity contribution in [1.82, 2.24) is 5.32 Å². The molecule has 0 aliphatic carbocycles. The van der Waals surface area contributed by atoms with Crippen LogP contribution >= 0.6 is 27.5 Å². The molecular formula is C25H26BrClN2O4S. The predicted octanol–water partition coefficient (Wildman–Crippen LogP) is 5.49. The second-order valence-corrected chi connectivity index (χ2v) is 11.1. The second kappa shape index (κ2) is 11.3. The molecule has 0 heterocycles. The third-order valence-electron chi connectivity index (χ3n) is 5.27. The number of rotatable bonds is 9. The van der Waals surface area contributed by atoms with Gasteiger partial charge < -0.3 is 10.1 Å². The lowest BCUT2D eigenvalue weighted by Crippen LogP contribution is -2.29. The number of carbonyl (C=O) groups excluding carboxylic acids is 1. The maximum atomic E-state index is 12.4. The van der Waals surface area contributed by atoms with Gasteiger partial charge in [0.05, 0.1) is 30.1 Å². The van der Waals surface area contributed by atoms with Crippen molar-refractivity contribution in [2.45, 2.75) is 20.4 Å². The summed E-state index contributed by atoms with van der Waals surface area (Å²) in [5.74, 6) is 0.541. The van der Waals surface area contributed by atoms with Crippen LogP contribution in [0.5, 0.6) is 5.75 Å². The molecule has 180 valence electrons. The highest BCUT2D eigenvalue weighted by Gasteiger charge is 2.19. The van der Waals surface area contributed by atoms with Crippen LogP contribution in [0.4, 0.5) is 5.69 Å². The Hall–Kier alpha value is -2.55. The van der Waals surface area contributed by atoms with E-state index in [2.05, 4.69) is 21.2 Å². The molecule has 0 saturated heterocycles. The summed E-state index contributed by atoms with van der Waals surface area (Å²) in [5, 5.41) is 3.24. The van der Waals surface area contributed by atoms with Gasteiger partial charge in [0.1, 0.15) is 12.4 Å². The van der Waals surface area contributed by atoms with Gasteiger partial charge in [0.15, 0.2) is 0 Å². The van der Waals surface area contributed by atoms with Gasteiger partial charge in [0, 0.05) is 10.0 Å². The molecular weight excluding hydrogens is 540 g/mol. The van der Waals surface area contributed by atoms with Gasteiger partial charge in [0.2, 0.25) is 10.0 Å². The number of nitrogens with one attached hydrogen (secondary N) is 1. The van der Waals surface area contributed by atoms with Gasteiger partial charge in [-0.1, -0.05) is 29.8 Å². The van der Waals surface area contributed by atoms with Crippen molar-refractivity contribution < 1.29 is 17.9 Å². The van der Waals surface area contributed by atoms with E-state index in [1.165, 1.54) is 9.87 Å². The molecule has 3 rings (SSSR count). The van der Waals surface area contributed by atoms with E-state index in [1.807, 2.05) is 32.0 Å². The fraction of sp³-hybridized carbons (Fsp3) is 0.240. The summed E-state index contributed by atoms with van der Waals surface area (Å²) in [7, 11) is -3.55. The molecule has 9 heteroatoms. The van der Waals surface area contributed by atoms with Gasteiger partial charge in [-0.2, -0.15) is 0 Å². The fourth-order valence-electron chi connectivity index (χ4n) is 3.21. The van der Waals surface area contributed by atoms with E-state index < -0.39 is 10.0 Å². The zero-order chi connectivity index (χ0) is 24.9. The van der Waals surface area contributed by atoms with Crippen LogP contribution in [0.2, 0.25) is 5.02 Å². The zero-order valence-corrected chi connectivity index (χ0v) is 22.3. The Morgan fingerprint density at radius 2 is 1.74 bits per heavy atom. The van der Waals surface area contributed by atoms with Gasteiger partial charge in [-0.3, -0.25) is 9.10 Å². The van der Waals surface area contributed by atoms with E-state index >= 15 is 0 Å². The van der Waals surface area contributed by atoms with E-state index in [-0.39, 0.29) is 12.5 Å². The van der Waals surface area contributed by atoms with Crippen LogP contribution in [-0.2, 0) is 16.6 Å². The van der Waals surface area contributed by atoms with Crippen molar-refractivity contribution in [2.24, 2.45) is 0 Å². The number of anilines is 1. The number of amides is 1. The molecule has 3 aromatic rings. The van der Waals surface area contributed by atoms with Crippen LogP contribution in [0, 0.1) is 13.8 Å². The van der Waals surface area contributed by atoms with Gasteiger partial charge in [0.25, 0.3) is 5.91 Å². The first-order valence-corrected chi connectivity index (χ1v) is 13.6. The Morgan fingerprint density at radius 3 is 2.35 bits per heavy atom. The number of hydrogen-bond donors (Lipinski definition) is 1. The monoisotopic (exact) mass is 564 g/mol. The largest absolute Gasteiger partial charge is 0.492 e. The Kier molecular flexibility index (Phi) is 8.62. The van der Waals surface area contributed by atoms with Crippen LogP contribution < -0.4 is 14.4 Å². The minimum absolute atomic E-state index is 0.114. The first-order valence-electron chi connectivity index (χ1n) is 10.5. The zero-order valence-electron chi connectivity index (χ0n) is 19.1. The topological polar surface area (TPSA) is 75.7 Å². The molecule has 0 fully saturated rings. The molecule has 0 bridgehead atoms. The number of benzene rings is 3. The van der Waals surface area contributed by atoms with E-state index in [0.717, 1.165) is 23.1 Å². The van der Waals surface area contributed by atoms with Crippen molar-refractivity contribution in [3.8, 4) is 5.75 Å². The summed E-state index contributed by atoms with van der Waals surface area (Å²) < 4.78 is 32.4. The lowest BCUT2D eigenvalue weighted by Gasteiger charge is -2.23. The van der Waals surface area contributed by atoms with Gasteiger partial charge in [-0.05, 0) is 88.9 Å². The van der Waals surface area contributed by atoms with Crippen LogP contribution in [0.15, 0.2) is 65.1 Å². The SMILES string of the molecule is Cc1ccc(OCCNC(=O)c2ccc(CN(c3ccc(Br)c(Cl)c3)S(C)(=O)=O)cc2)cc1C. The standard InChI is InChI=1S/C25H26BrClN2O4S/c1-17-4-10-22(14-18(17)2)33-13-12-28-25(30)20-7-5-19(6-8-20)16-29(34(3,31)32)21-9-11-23(26)24(27)15-21/h4-11,14-15H,12-13,16H2,1-3H3,(H,28,30). The molecule has 3 aromatic carbocycles. The highest BCUT2D eigenvalue weighted by molar-refractivity contribution is 9.10. The molecule has 6 nitrogen and oxygen atoms in total. The molecule has 0 unspecified atom stereocenters. The molecule has 0 spiro atoms. The van der Waals surface area contributed by atoms with Gasteiger partial charge >= 0.3 is 0 Å². The van der Waals surface area contributed by atoms with Crippen LogP contribution in [0.25, 0.3) is 0 Å². The average molecular weight is 566 g/mol. The third kappa shape index (κ3) is 6.98. The maximum Gasteiger partial charge on any atom is 0.251 e. The predicted molar refractivity (Wildman–Crippen MR) is 140 cm³/mol. The molecule has 1 N–H and O–H groups in total. The second-order valence-electron chi connectivity index (χ2n) is 7.92. The first kappa shape index (κ1) is 26.1. The summed E-state index contributed by atoms with van der Waals surface area (Å²) >= 11 is 9.46. The Balaban J connectivity index is 1.58. The Labute approximate surface area is 214 Å². The minimum Gasteiger partial charge on any atom is -0.492 e. The van der Waals surface area contributed by atoms with E-state index in [4.69, 9.17) is 16.3 Å². The van der Waals surface area contributed by atoms with Crippen LogP contribution in [0.1, 0.15) is 27.0 Å². The molecule has 0 aliphatic rings. The van der Waals surface area contributed by atoms with Crippen molar-refractivity contribution >= 4 is 49.1 Å². The number of ether oxygens (including phenoxy) is 1. The molecule has 0 atom stereocenters. The van der Waals surface area contributed by atoms with Crippen LogP contribution in [0.3, 0.4) is 0 Å². The van der Waals surface area contributed by atoms with E-state index in [0.29, 0.717) is 33.9 Å². The third-order valence-corrected chi connectivity index (χ3v) is 7.64. The highest BCUT2D eigenvalue weighted by atomic mass is 79.9. The Bertz CT molecular complexity index is 1280. The average Bonchev–Trinajstić information content (AvgIpc) is 2.79. The molecule has 1 amide bonds. The minimum atomic E-state index is -3.55. The molecule has 0 aliphatic heterocycles. The van der Waals surface area contributed by atoms with Crippen molar-refractivity contribution in [3.05, 3.63) is 92.4 Å². The summed E-state index contributed by atoms with van der Waals surface area (Å²) in [5.41, 5.74) is 4.02. The number of hydrogen-bond acceptors (Lipinski definition) is 4. The summed E-state index contributed by atoms with van der Waals surface area (Å²) in [6.07, 6.45) is 1.14. The lowest BCUT2D eigenvalue weighted by atomic mass is 10.1.